The number of pyridine rings is 1. The molecule has 0 unspecified atom stereocenters. The fourth-order valence-electron chi connectivity index (χ4n) is 1.82. The van der Waals surface area contributed by atoms with Crippen LogP contribution in [-0.2, 0) is 6.54 Å². The van der Waals surface area contributed by atoms with Crippen LogP contribution in [0.25, 0.3) is 0 Å². The number of aromatic nitrogens is 1. The van der Waals surface area contributed by atoms with E-state index in [1.807, 2.05) is 30.3 Å². The Balaban J connectivity index is 2.00. The fourth-order valence-corrected chi connectivity index (χ4v) is 1.82. The molecular formula is C15H17NO3. The molecule has 0 atom stereocenters. The molecule has 4 nitrogen and oxygen atoms in total. The molecular weight excluding hydrogens is 242 g/mol. The topological polar surface area (TPSA) is 40.5 Å². The first kappa shape index (κ1) is 13.2. The molecule has 2 rings (SSSR count). The van der Waals surface area contributed by atoms with Crippen molar-refractivity contribution in [2.24, 2.45) is 0 Å². The van der Waals surface area contributed by atoms with E-state index in [-0.39, 0.29) is 5.56 Å². The number of aryl methyl sites for hydroxylation is 1. The molecule has 0 bridgehead atoms. The van der Waals surface area contributed by atoms with E-state index in [1.165, 1.54) is 0 Å². The number of nitrogens with zero attached hydrogens (tertiary/aromatic N) is 1. The molecule has 1 aromatic heterocycles. The van der Waals surface area contributed by atoms with Crippen molar-refractivity contribution >= 4 is 0 Å². The van der Waals surface area contributed by atoms with Gasteiger partial charge in [0.1, 0.15) is 6.61 Å². The van der Waals surface area contributed by atoms with Crippen LogP contribution in [0, 0.1) is 6.92 Å². The third-order valence-corrected chi connectivity index (χ3v) is 2.87. The molecule has 4 heteroatoms. The third kappa shape index (κ3) is 3.16. The quantitative estimate of drug-likeness (QED) is 0.826. The van der Waals surface area contributed by atoms with Crippen molar-refractivity contribution in [3.05, 3.63) is 58.5 Å². The molecule has 0 radical (unpaired) electrons. The van der Waals surface area contributed by atoms with E-state index in [2.05, 4.69) is 0 Å². The lowest BCUT2D eigenvalue weighted by molar-refractivity contribution is 0.278. The molecule has 19 heavy (non-hydrogen) atoms. The average molecular weight is 259 g/mol. The van der Waals surface area contributed by atoms with Gasteiger partial charge in [0.05, 0.1) is 13.7 Å². The Morgan fingerprint density at radius 3 is 2.58 bits per heavy atom. The van der Waals surface area contributed by atoms with Gasteiger partial charge in [-0.3, -0.25) is 4.79 Å². The zero-order valence-electron chi connectivity index (χ0n) is 11.1. The van der Waals surface area contributed by atoms with Crippen molar-refractivity contribution in [2.75, 3.05) is 13.7 Å². The van der Waals surface area contributed by atoms with Crippen molar-refractivity contribution < 1.29 is 9.47 Å². The highest BCUT2D eigenvalue weighted by Gasteiger charge is 2.03. The number of para-hydroxylation sites is 2. The van der Waals surface area contributed by atoms with Crippen LogP contribution in [0.5, 0.6) is 11.5 Å². The van der Waals surface area contributed by atoms with Crippen LogP contribution in [0.1, 0.15) is 5.56 Å². The van der Waals surface area contributed by atoms with Gasteiger partial charge in [0, 0.05) is 11.8 Å². The molecule has 2 aromatic rings. The summed E-state index contributed by atoms with van der Waals surface area (Å²) >= 11 is 0. The van der Waals surface area contributed by atoms with E-state index < -0.39 is 0 Å². The van der Waals surface area contributed by atoms with Gasteiger partial charge in [-0.2, -0.15) is 0 Å². The second-order valence-electron chi connectivity index (χ2n) is 4.19. The molecule has 0 N–H and O–H groups in total. The summed E-state index contributed by atoms with van der Waals surface area (Å²) in [6.45, 7) is 2.74. The first-order chi connectivity index (χ1) is 9.22. The van der Waals surface area contributed by atoms with Crippen molar-refractivity contribution in [1.82, 2.24) is 4.57 Å². The van der Waals surface area contributed by atoms with Crippen molar-refractivity contribution in [3.8, 4) is 11.5 Å². The van der Waals surface area contributed by atoms with Gasteiger partial charge in [0.2, 0.25) is 0 Å². The molecule has 0 saturated heterocycles. The second kappa shape index (κ2) is 6.09. The molecule has 0 saturated carbocycles. The Kier molecular flexibility index (Phi) is 4.23. The summed E-state index contributed by atoms with van der Waals surface area (Å²) in [5.41, 5.74) is 0.755. The Bertz CT molecular complexity index is 604. The van der Waals surface area contributed by atoms with Gasteiger partial charge in [-0.15, -0.1) is 0 Å². The van der Waals surface area contributed by atoms with E-state index in [4.69, 9.17) is 9.47 Å². The van der Waals surface area contributed by atoms with E-state index >= 15 is 0 Å². The minimum Gasteiger partial charge on any atom is -0.493 e. The van der Waals surface area contributed by atoms with E-state index in [9.17, 15) is 4.79 Å². The molecule has 0 amide bonds. The largest absolute Gasteiger partial charge is 0.493 e. The number of methoxy groups -OCH3 is 1. The van der Waals surface area contributed by atoms with E-state index in [0.29, 0.717) is 24.7 Å². The van der Waals surface area contributed by atoms with Gasteiger partial charge in [0.25, 0.3) is 5.56 Å². The smallest absolute Gasteiger partial charge is 0.253 e. The summed E-state index contributed by atoms with van der Waals surface area (Å²) in [5.74, 6) is 1.38. The van der Waals surface area contributed by atoms with Crippen LogP contribution < -0.4 is 15.0 Å². The Morgan fingerprint density at radius 2 is 1.84 bits per heavy atom. The maximum atomic E-state index is 11.8. The van der Waals surface area contributed by atoms with Crippen LogP contribution in [0.3, 0.4) is 0 Å². The third-order valence-electron chi connectivity index (χ3n) is 2.87. The summed E-state index contributed by atoms with van der Waals surface area (Å²) in [4.78, 5) is 11.8. The summed E-state index contributed by atoms with van der Waals surface area (Å²) in [7, 11) is 1.60. The van der Waals surface area contributed by atoms with Gasteiger partial charge < -0.3 is 14.0 Å². The highest BCUT2D eigenvalue weighted by atomic mass is 16.5. The molecule has 0 aliphatic rings. The molecule has 0 spiro atoms. The lowest BCUT2D eigenvalue weighted by atomic mass is 10.3. The highest BCUT2D eigenvalue weighted by Crippen LogP contribution is 2.25. The lowest BCUT2D eigenvalue weighted by Gasteiger charge is -2.11. The first-order valence-corrected chi connectivity index (χ1v) is 6.14. The van der Waals surface area contributed by atoms with Gasteiger partial charge in [0.15, 0.2) is 11.5 Å². The highest BCUT2D eigenvalue weighted by molar-refractivity contribution is 5.39. The Morgan fingerprint density at radius 1 is 1.11 bits per heavy atom. The zero-order chi connectivity index (χ0) is 13.7. The number of hydrogen-bond acceptors (Lipinski definition) is 3. The van der Waals surface area contributed by atoms with Crippen molar-refractivity contribution in [1.29, 1.82) is 0 Å². The molecule has 0 fully saturated rings. The first-order valence-electron chi connectivity index (χ1n) is 6.14. The van der Waals surface area contributed by atoms with E-state index in [1.54, 1.807) is 30.9 Å². The average Bonchev–Trinajstić information content (AvgIpc) is 2.44. The summed E-state index contributed by atoms with van der Waals surface area (Å²) in [5, 5.41) is 0. The second-order valence-corrected chi connectivity index (χ2v) is 4.19. The number of benzene rings is 1. The number of rotatable bonds is 5. The predicted octanol–water partition coefficient (Wildman–Crippen LogP) is 2.24. The van der Waals surface area contributed by atoms with Crippen LogP contribution in [0.4, 0.5) is 0 Å². The number of hydrogen-bond donors (Lipinski definition) is 0. The standard InChI is InChI=1S/C15H17NO3/c1-12-6-5-9-16(15(12)17)10-11-19-14-8-4-3-7-13(14)18-2/h3-9H,10-11H2,1-2H3. The number of ether oxygens (including phenoxy) is 2. The Labute approximate surface area is 112 Å². The molecule has 1 aromatic carbocycles. The summed E-state index contributed by atoms with van der Waals surface area (Å²) in [6.07, 6.45) is 1.76. The van der Waals surface area contributed by atoms with Gasteiger partial charge in [-0.05, 0) is 25.1 Å². The van der Waals surface area contributed by atoms with Gasteiger partial charge in [-0.25, -0.2) is 0 Å². The van der Waals surface area contributed by atoms with Gasteiger partial charge >= 0.3 is 0 Å². The SMILES string of the molecule is COc1ccccc1OCCn1cccc(C)c1=O. The maximum Gasteiger partial charge on any atom is 0.253 e. The fraction of sp³-hybridized carbons (Fsp3) is 0.267. The summed E-state index contributed by atoms with van der Waals surface area (Å²) in [6, 6.07) is 11.1. The van der Waals surface area contributed by atoms with Crippen LogP contribution >= 0.6 is 0 Å². The van der Waals surface area contributed by atoms with Crippen LogP contribution in [0.15, 0.2) is 47.4 Å². The van der Waals surface area contributed by atoms with Crippen LogP contribution in [0.2, 0.25) is 0 Å². The van der Waals surface area contributed by atoms with Crippen molar-refractivity contribution in [2.45, 2.75) is 13.5 Å². The zero-order valence-corrected chi connectivity index (χ0v) is 11.1. The monoisotopic (exact) mass is 259 g/mol. The van der Waals surface area contributed by atoms with Crippen LogP contribution in [-0.4, -0.2) is 18.3 Å². The maximum absolute atomic E-state index is 11.8. The molecule has 0 aliphatic heterocycles. The minimum atomic E-state index is 0.0196. The molecule has 100 valence electrons. The van der Waals surface area contributed by atoms with Gasteiger partial charge in [-0.1, -0.05) is 18.2 Å². The Hall–Kier alpha value is -2.23. The lowest BCUT2D eigenvalue weighted by Crippen LogP contribution is -2.23. The molecule has 0 aliphatic carbocycles. The van der Waals surface area contributed by atoms with Crippen molar-refractivity contribution in [3.63, 3.8) is 0 Å². The summed E-state index contributed by atoms with van der Waals surface area (Å²) < 4.78 is 12.5. The minimum absolute atomic E-state index is 0.0196. The van der Waals surface area contributed by atoms with E-state index in [0.717, 1.165) is 5.56 Å². The molecule has 1 heterocycles. The predicted molar refractivity (Wildman–Crippen MR) is 73.9 cm³/mol. The normalized spacial score (nSPS) is 10.2.